The summed E-state index contributed by atoms with van der Waals surface area (Å²) in [6.45, 7) is 2.13. The fraction of sp³-hybridized carbons (Fsp3) is 0.300. The van der Waals surface area contributed by atoms with E-state index >= 15 is 0 Å². The number of fused-ring (bicyclic) bond motifs is 1. The van der Waals surface area contributed by atoms with Gasteiger partial charge in [-0.2, -0.15) is 0 Å². The van der Waals surface area contributed by atoms with Gasteiger partial charge >= 0.3 is 0 Å². The molecular weight excluding hydrogens is 429 g/mol. The zero-order valence-corrected chi connectivity index (χ0v) is 18.0. The number of rotatable bonds is 3. The molecular formula is C20H21Cl2N5OS. The summed E-state index contributed by atoms with van der Waals surface area (Å²) in [4.78, 5) is 15.4. The molecule has 2 heterocycles. The van der Waals surface area contributed by atoms with Crippen LogP contribution in [0.25, 0.3) is 0 Å². The maximum absolute atomic E-state index is 12.9. The molecule has 0 bridgehead atoms. The van der Waals surface area contributed by atoms with Crippen molar-refractivity contribution in [3.8, 4) is 0 Å². The summed E-state index contributed by atoms with van der Waals surface area (Å²) in [6.07, 6.45) is -0.128. The van der Waals surface area contributed by atoms with Crippen LogP contribution in [0.5, 0.6) is 0 Å². The molecule has 9 heteroatoms. The Hall–Kier alpha value is -1.90. The van der Waals surface area contributed by atoms with Crippen LogP contribution in [0.4, 0.5) is 11.4 Å². The van der Waals surface area contributed by atoms with Crippen LogP contribution in [0, 0.1) is 5.92 Å². The van der Waals surface area contributed by atoms with E-state index in [0.29, 0.717) is 20.7 Å². The average molecular weight is 450 g/mol. The van der Waals surface area contributed by atoms with Gasteiger partial charge in [0.15, 0.2) is 6.29 Å². The van der Waals surface area contributed by atoms with Gasteiger partial charge in [-0.3, -0.25) is 10.1 Å². The van der Waals surface area contributed by atoms with Gasteiger partial charge in [0.05, 0.1) is 21.2 Å². The van der Waals surface area contributed by atoms with Crippen LogP contribution in [0.15, 0.2) is 42.5 Å². The van der Waals surface area contributed by atoms with Gasteiger partial charge in [-0.05, 0) is 43.2 Å². The number of halogens is 2. The molecule has 4 rings (SSSR count). The Morgan fingerprint density at radius 3 is 2.72 bits per heavy atom. The molecule has 1 saturated heterocycles. The van der Waals surface area contributed by atoms with Crippen LogP contribution in [-0.4, -0.2) is 29.4 Å². The zero-order chi connectivity index (χ0) is 20.7. The number of benzene rings is 2. The summed E-state index contributed by atoms with van der Waals surface area (Å²) >= 11 is 17.5. The first-order chi connectivity index (χ1) is 13.8. The highest BCUT2D eigenvalue weighted by molar-refractivity contribution is 7.80. The summed E-state index contributed by atoms with van der Waals surface area (Å²) in [5, 5.41) is 10.2. The van der Waals surface area contributed by atoms with Crippen LogP contribution in [0.1, 0.15) is 12.5 Å². The number of hydrogen-bond donors (Lipinski definition) is 4. The highest BCUT2D eigenvalue weighted by Gasteiger charge is 2.41. The number of nitrogens with one attached hydrogen (secondary N) is 3. The minimum Gasteiger partial charge on any atom is -0.349 e. The number of hydrogen-bond acceptors (Lipinski definition) is 5. The number of carbonyl (C=O) groups excluding carboxylic acids is 1. The lowest BCUT2D eigenvalue weighted by Gasteiger charge is -2.42. The number of para-hydroxylation sites is 1. The van der Waals surface area contributed by atoms with E-state index in [1.54, 1.807) is 18.2 Å². The van der Waals surface area contributed by atoms with Crippen molar-refractivity contribution in [1.82, 2.24) is 10.6 Å². The van der Waals surface area contributed by atoms with Crippen molar-refractivity contribution < 1.29 is 4.79 Å². The molecule has 4 unspecified atom stereocenters. The first-order valence-corrected chi connectivity index (χ1v) is 10.5. The van der Waals surface area contributed by atoms with E-state index in [1.165, 1.54) is 5.56 Å². The minimum atomic E-state index is -0.719. The topological polar surface area (TPSA) is 82.4 Å². The van der Waals surface area contributed by atoms with Gasteiger partial charge in [-0.1, -0.05) is 53.6 Å². The number of amides is 1. The van der Waals surface area contributed by atoms with Gasteiger partial charge in [-0.25, -0.2) is 0 Å². The molecule has 0 spiro atoms. The van der Waals surface area contributed by atoms with Crippen LogP contribution in [0.3, 0.4) is 0 Å². The number of nitrogens with zero attached hydrogens (tertiary/aromatic N) is 1. The van der Waals surface area contributed by atoms with E-state index in [4.69, 9.17) is 41.2 Å². The standard InChI is InChI=1S/C20H21Cl2N5OS/c1-10-8-11-4-2-3-5-15(11)27(10)20-25-17(23)16(18(28)26-20)19(29)24-12-6-7-13(21)14(22)9-12/h2-7,9-10,16-17,20,25H,8,23H2,1H3,(H,24,29)(H,26,28). The summed E-state index contributed by atoms with van der Waals surface area (Å²) < 4.78 is 0. The molecule has 5 N–H and O–H groups in total. The molecule has 1 amide bonds. The van der Waals surface area contributed by atoms with E-state index in [-0.39, 0.29) is 11.9 Å². The fourth-order valence-electron chi connectivity index (χ4n) is 3.92. The summed E-state index contributed by atoms with van der Waals surface area (Å²) in [5.74, 6) is -0.945. The average Bonchev–Trinajstić information content (AvgIpc) is 2.99. The Balaban J connectivity index is 1.48. The van der Waals surface area contributed by atoms with Crippen LogP contribution >= 0.6 is 35.4 Å². The molecule has 0 saturated carbocycles. The lowest BCUT2D eigenvalue weighted by atomic mass is 10.0. The highest BCUT2D eigenvalue weighted by Crippen LogP contribution is 2.33. The first kappa shape index (κ1) is 20.4. The molecule has 4 atom stereocenters. The maximum atomic E-state index is 12.9. The van der Waals surface area contributed by atoms with E-state index in [0.717, 1.165) is 12.1 Å². The van der Waals surface area contributed by atoms with Gasteiger partial charge < -0.3 is 21.3 Å². The normalized spacial score (nSPS) is 26.1. The fourth-order valence-corrected chi connectivity index (χ4v) is 4.59. The Kier molecular flexibility index (Phi) is 5.68. The minimum absolute atomic E-state index is 0.226. The van der Waals surface area contributed by atoms with Crippen LogP contribution in [0.2, 0.25) is 10.0 Å². The van der Waals surface area contributed by atoms with Crippen molar-refractivity contribution in [2.24, 2.45) is 11.7 Å². The van der Waals surface area contributed by atoms with Crippen LogP contribution in [-0.2, 0) is 11.2 Å². The van der Waals surface area contributed by atoms with E-state index in [2.05, 4.69) is 39.9 Å². The van der Waals surface area contributed by atoms with E-state index < -0.39 is 18.4 Å². The lowest BCUT2D eigenvalue weighted by Crippen LogP contribution is -2.71. The van der Waals surface area contributed by atoms with Crippen molar-refractivity contribution in [2.45, 2.75) is 31.8 Å². The Bertz CT molecular complexity index is 972. The second-order valence-corrected chi connectivity index (χ2v) is 8.54. The van der Waals surface area contributed by atoms with Gasteiger partial charge in [0, 0.05) is 17.4 Å². The van der Waals surface area contributed by atoms with Gasteiger partial charge in [-0.15, -0.1) is 0 Å². The maximum Gasteiger partial charge on any atom is 0.235 e. The third-order valence-corrected chi connectivity index (χ3v) is 6.37. The van der Waals surface area contributed by atoms with E-state index in [1.807, 2.05) is 12.1 Å². The number of carbonyl (C=O) groups is 1. The van der Waals surface area contributed by atoms with Crippen molar-refractivity contribution in [3.63, 3.8) is 0 Å². The predicted octanol–water partition coefficient (Wildman–Crippen LogP) is 3.09. The largest absolute Gasteiger partial charge is 0.349 e. The molecule has 2 aromatic rings. The predicted molar refractivity (Wildman–Crippen MR) is 121 cm³/mol. The van der Waals surface area contributed by atoms with Gasteiger partial charge in [0.2, 0.25) is 5.91 Å². The van der Waals surface area contributed by atoms with Crippen molar-refractivity contribution in [1.29, 1.82) is 0 Å². The summed E-state index contributed by atoms with van der Waals surface area (Å²) in [5.41, 5.74) is 9.33. The SMILES string of the molecule is CC1Cc2ccccc2N1C1NC(=O)C(C(=S)Nc2ccc(Cl)c(Cl)c2)C(N)N1. The molecule has 2 aliphatic rings. The molecule has 2 aliphatic heterocycles. The molecule has 6 nitrogen and oxygen atoms in total. The van der Waals surface area contributed by atoms with Crippen molar-refractivity contribution >= 4 is 57.7 Å². The van der Waals surface area contributed by atoms with Gasteiger partial charge in [0.25, 0.3) is 0 Å². The number of anilines is 2. The molecule has 0 aromatic heterocycles. The second-order valence-electron chi connectivity index (χ2n) is 7.29. The highest BCUT2D eigenvalue weighted by atomic mass is 35.5. The summed E-state index contributed by atoms with van der Waals surface area (Å²) in [7, 11) is 0. The Morgan fingerprint density at radius 2 is 2.00 bits per heavy atom. The second kappa shape index (κ2) is 8.08. The van der Waals surface area contributed by atoms with Crippen molar-refractivity contribution in [2.75, 3.05) is 10.2 Å². The molecule has 2 aromatic carbocycles. The molecule has 29 heavy (non-hydrogen) atoms. The molecule has 0 aliphatic carbocycles. The smallest absolute Gasteiger partial charge is 0.235 e. The number of thiocarbonyl (C=S) groups is 1. The quantitative estimate of drug-likeness (QED) is 0.539. The Morgan fingerprint density at radius 1 is 1.24 bits per heavy atom. The van der Waals surface area contributed by atoms with E-state index in [9.17, 15) is 4.79 Å². The lowest BCUT2D eigenvalue weighted by molar-refractivity contribution is -0.126. The van der Waals surface area contributed by atoms with Gasteiger partial charge in [0.1, 0.15) is 5.92 Å². The third-order valence-electron chi connectivity index (χ3n) is 5.28. The molecule has 152 valence electrons. The van der Waals surface area contributed by atoms with Crippen LogP contribution < -0.4 is 26.6 Å². The van der Waals surface area contributed by atoms with Crippen molar-refractivity contribution in [3.05, 3.63) is 58.1 Å². The Labute approximate surface area is 184 Å². The zero-order valence-electron chi connectivity index (χ0n) is 15.7. The summed E-state index contributed by atoms with van der Waals surface area (Å²) in [6, 6.07) is 13.5. The first-order valence-electron chi connectivity index (χ1n) is 9.29. The monoisotopic (exact) mass is 449 g/mol. The third kappa shape index (κ3) is 3.93. The molecule has 0 radical (unpaired) electrons. The number of nitrogens with two attached hydrogens (primary N) is 1. The molecule has 1 fully saturated rings.